The SMILES string of the molecule is O=S(=O)(Cl)C#CCC1CCCCS1(=O)=O. The Balaban J connectivity index is 2.69. The Morgan fingerprint density at radius 2 is 2.00 bits per heavy atom. The van der Waals surface area contributed by atoms with E-state index < -0.39 is 24.1 Å². The minimum Gasteiger partial charge on any atom is -0.229 e. The van der Waals surface area contributed by atoms with E-state index in [0.29, 0.717) is 12.8 Å². The molecule has 0 aromatic heterocycles. The molecular formula is C8H11ClO4S2. The quantitative estimate of drug-likeness (QED) is 0.524. The van der Waals surface area contributed by atoms with Crippen LogP contribution in [-0.4, -0.2) is 27.8 Å². The van der Waals surface area contributed by atoms with Crippen LogP contribution in [0.5, 0.6) is 0 Å². The van der Waals surface area contributed by atoms with Gasteiger partial charge in [-0.05, 0) is 12.8 Å². The van der Waals surface area contributed by atoms with E-state index in [1.165, 1.54) is 0 Å². The highest BCUT2D eigenvalue weighted by Gasteiger charge is 2.27. The van der Waals surface area contributed by atoms with Crippen LogP contribution in [0, 0.1) is 11.2 Å². The first kappa shape index (κ1) is 12.8. The van der Waals surface area contributed by atoms with Gasteiger partial charge in [0.25, 0.3) is 0 Å². The van der Waals surface area contributed by atoms with Gasteiger partial charge < -0.3 is 0 Å². The van der Waals surface area contributed by atoms with Gasteiger partial charge in [-0.2, -0.15) is 8.42 Å². The second kappa shape index (κ2) is 4.73. The summed E-state index contributed by atoms with van der Waals surface area (Å²) in [7, 11) is -2.06. The first-order chi connectivity index (χ1) is 6.81. The summed E-state index contributed by atoms with van der Waals surface area (Å²) in [4.78, 5) is 0. The molecule has 86 valence electrons. The minimum atomic E-state index is -3.85. The molecule has 0 spiro atoms. The van der Waals surface area contributed by atoms with Crippen molar-refractivity contribution in [3.63, 3.8) is 0 Å². The molecule has 0 N–H and O–H groups in total. The average Bonchev–Trinajstić information content (AvgIpc) is 2.05. The zero-order valence-electron chi connectivity index (χ0n) is 7.94. The minimum absolute atomic E-state index is 0.0499. The second-order valence-corrected chi connectivity index (χ2v) is 8.10. The third-order valence-corrected chi connectivity index (χ3v) is 5.13. The molecule has 1 saturated heterocycles. The monoisotopic (exact) mass is 270 g/mol. The number of rotatable bonds is 1. The maximum Gasteiger partial charge on any atom is 0.300 e. The molecule has 1 atom stereocenters. The van der Waals surface area contributed by atoms with Gasteiger partial charge in [0.2, 0.25) is 0 Å². The van der Waals surface area contributed by atoms with E-state index in [1.807, 2.05) is 5.25 Å². The Bertz CT molecular complexity index is 480. The Labute approximate surface area is 94.3 Å². The van der Waals surface area contributed by atoms with Crippen LogP contribution >= 0.6 is 10.7 Å². The molecular weight excluding hydrogens is 260 g/mol. The topological polar surface area (TPSA) is 68.3 Å². The van der Waals surface area contributed by atoms with Gasteiger partial charge in [0.15, 0.2) is 9.84 Å². The predicted molar refractivity (Wildman–Crippen MR) is 58.6 cm³/mol. The molecule has 0 amide bonds. The van der Waals surface area contributed by atoms with E-state index in [2.05, 4.69) is 5.92 Å². The molecule has 0 aliphatic carbocycles. The smallest absolute Gasteiger partial charge is 0.229 e. The molecule has 0 bridgehead atoms. The van der Waals surface area contributed by atoms with E-state index >= 15 is 0 Å². The molecule has 7 heteroatoms. The molecule has 1 fully saturated rings. The lowest BCUT2D eigenvalue weighted by Crippen LogP contribution is -2.27. The Hall–Kier alpha value is -0.250. The van der Waals surface area contributed by atoms with Gasteiger partial charge in [-0.1, -0.05) is 12.3 Å². The van der Waals surface area contributed by atoms with Gasteiger partial charge in [-0.15, -0.1) is 0 Å². The van der Waals surface area contributed by atoms with Crippen LogP contribution in [0.3, 0.4) is 0 Å². The summed E-state index contributed by atoms with van der Waals surface area (Å²) in [5, 5.41) is 1.30. The number of hydrogen-bond acceptors (Lipinski definition) is 4. The maximum absolute atomic E-state index is 11.5. The highest BCUT2D eigenvalue weighted by atomic mass is 35.7. The van der Waals surface area contributed by atoms with E-state index in [4.69, 9.17) is 10.7 Å². The summed E-state index contributed by atoms with van der Waals surface area (Å²) in [6, 6.07) is 0. The molecule has 1 aliphatic heterocycles. The van der Waals surface area contributed by atoms with E-state index in [9.17, 15) is 16.8 Å². The summed E-state index contributed by atoms with van der Waals surface area (Å²) >= 11 is 0. The van der Waals surface area contributed by atoms with Crippen molar-refractivity contribution in [2.75, 3.05) is 5.75 Å². The number of hydrogen-bond donors (Lipinski definition) is 0. The lowest BCUT2D eigenvalue weighted by Gasteiger charge is -2.19. The summed E-state index contributed by atoms with van der Waals surface area (Å²) in [6.07, 6.45) is 2.13. The summed E-state index contributed by atoms with van der Waals surface area (Å²) in [5.74, 6) is 2.48. The summed E-state index contributed by atoms with van der Waals surface area (Å²) in [5.41, 5.74) is 0. The van der Waals surface area contributed by atoms with E-state index in [0.717, 1.165) is 6.42 Å². The molecule has 15 heavy (non-hydrogen) atoms. The Kier molecular flexibility index (Phi) is 4.04. The van der Waals surface area contributed by atoms with Crippen LogP contribution in [-0.2, 0) is 18.9 Å². The van der Waals surface area contributed by atoms with E-state index in [1.54, 1.807) is 0 Å². The molecule has 0 radical (unpaired) electrons. The van der Waals surface area contributed by atoms with Crippen LogP contribution in [0.1, 0.15) is 25.7 Å². The lowest BCUT2D eigenvalue weighted by atomic mass is 10.1. The molecule has 4 nitrogen and oxygen atoms in total. The van der Waals surface area contributed by atoms with E-state index in [-0.39, 0.29) is 12.2 Å². The molecule has 1 heterocycles. The summed E-state index contributed by atoms with van der Waals surface area (Å²) in [6.45, 7) is 0. The van der Waals surface area contributed by atoms with Crippen LogP contribution in [0.25, 0.3) is 0 Å². The predicted octanol–water partition coefficient (Wildman–Crippen LogP) is 0.873. The zero-order valence-corrected chi connectivity index (χ0v) is 10.3. The van der Waals surface area contributed by atoms with Gasteiger partial charge in [0, 0.05) is 22.4 Å². The summed E-state index contributed by atoms with van der Waals surface area (Å²) < 4.78 is 43.9. The van der Waals surface area contributed by atoms with Crippen molar-refractivity contribution in [3.8, 4) is 11.2 Å². The number of sulfone groups is 1. The molecule has 1 rings (SSSR count). The Morgan fingerprint density at radius 1 is 1.33 bits per heavy atom. The second-order valence-electron chi connectivity index (χ2n) is 3.41. The third kappa shape index (κ3) is 4.41. The normalized spacial score (nSPS) is 25.3. The lowest BCUT2D eigenvalue weighted by molar-refractivity contribution is 0.542. The van der Waals surface area contributed by atoms with Crippen molar-refractivity contribution in [1.29, 1.82) is 0 Å². The van der Waals surface area contributed by atoms with Crippen molar-refractivity contribution in [2.45, 2.75) is 30.9 Å². The first-order valence-electron chi connectivity index (χ1n) is 4.47. The average molecular weight is 271 g/mol. The third-order valence-electron chi connectivity index (χ3n) is 2.24. The Morgan fingerprint density at radius 3 is 2.53 bits per heavy atom. The highest BCUT2D eigenvalue weighted by Crippen LogP contribution is 2.21. The van der Waals surface area contributed by atoms with Crippen molar-refractivity contribution in [2.24, 2.45) is 0 Å². The van der Waals surface area contributed by atoms with Gasteiger partial charge in [0.05, 0.1) is 11.0 Å². The van der Waals surface area contributed by atoms with Gasteiger partial charge in [-0.3, -0.25) is 0 Å². The molecule has 0 aromatic carbocycles. The van der Waals surface area contributed by atoms with Crippen molar-refractivity contribution < 1.29 is 16.8 Å². The van der Waals surface area contributed by atoms with Crippen LogP contribution < -0.4 is 0 Å². The van der Waals surface area contributed by atoms with Crippen molar-refractivity contribution in [1.82, 2.24) is 0 Å². The van der Waals surface area contributed by atoms with Crippen LogP contribution in [0.15, 0.2) is 0 Å². The maximum atomic E-state index is 11.5. The first-order valence-corrected chi connectivity index (χ1v) is 8.49. The standard InChI is InChI=1S/C8H11ClO4S2/c9-15(12,13)7-3-5-8-4-1-2-6-14(8,10)11/h8H,1-2,4-6H2. The molecule has 0 saturated carbocycles. The molecule has 1 aliphatic rings. The largest absolute Gasteiger partial charge is 0.300 e. The fourth-order valence-corrected chi connectivity index (χ4v) is 3.71. The van der Waals surface area contributed by atoms with Gasteiger partial charge in [0.1, 0.15) is 0 Å². The molecule has 1 unspecified atom stereocenters. The van der Waals surface area contributed by atoms with Gasteiger partial charge in [-0.25, -0.2) is 8.42 Å². The fraction of sp³-hybridized carbons (Fsp3) is 0.750. The zero-order chi connectivity index (χ0) is 11.5. The van der Waals surface area contributed by atoms with Crippen molar-refractivity contribution >= 4 is 29.6 Å². The van der Waals surface area contributed by atoms with Crippen LogP contribution in [0.2, 0.25) is 0 Å². The highest BCUT2D eigenvalue weighted by molar-refractivity contribution is 8.17. The van der Waals surface area contributed by atoms with Crippen LogP contribution in [0.4, 0.5) is 0 Å². The fourth-order valence-electron chi connectivity index (χ4n) is 1.49. The number of halogens is 1. The van der Waals surface area contributed by atoms with Gasteiger partial charge >= 0.3 is 9.05 Å². The van der Waals surface area contributed by atoms with Crippen molar-refractivity contribution in [3.05, 3.63) is 0 Å². The molecule has 0 aromatic rings.